The zero-order valence-electron chi connectivity index (χ0n) is 15.1. The number of hydrogen-bond donors (Lipinski definition) is 1. The minimum absolute atomic E-state index is 0.270. The summed E-state index contributed by atoms with van der Waals surface area (Å²) in [6.45, 7) is 3.96. The van der Waals surface area contributed by atoms with E-state index in [0.717, 1.165) is 21.8 Å². The van der Waals surface area contributed by atoms with Crippen LogP contribution in [-0.4, -0.2) is 21.3 Å². The number of thiophene rings is 1. The van der Waals surface area contributed by atoms with Gasteiger partial charge in [0, 0.05) is 10.9 Å². The van der Waals surface area contributed by atoms with Crippen LogP contribution in [-0.2, 0) is 6.61 Å². The zero-order chi connectivity index (χ0) is 19.5. The van der Waals surface area contributed by atoms with Gasteiger partial charge in [0.1, 0.15) is 23.1 Å². The second-order valence-electron chi connectivity index (χ2n) is 5.97. The number of para-hydroxylation sites is 1. The Hall–Kier alpha value is -3.04. The van der Waals surface area contributed by atoms with Gasteiger partial charge in [0.2, 0.25) is 5.13 Å². The minimum atomic E-state index is -0.303. The van der Waals surface area contributed by atoms with Gasteiger partial charge in [0.25, 0.3) is 5.91 Å². The van der Waals surface area contributed by atoms with Crippen molar-refractivity contribution in [3.05, 3.63) is 63.7 Å². The van der Waals surface area contributed by atoms with Crippen LogP contribution in [0.25, 0.3) is 10.6 Å². The van der Waals surface area contributed by atoms with E-state index in [1.165, 1.54) is 11.3 Å². The maximum Gasteiger partial charge on any atom is 0.261 e. The van der Waals surface area contributed by atoms with Crippen LogP contribution in [0.5, 0.6) is 5.75 Å². The average molecular weight is 412 g/mol. The molecule has 28 heavy (non-hydrogen) atoms. The monoisotopic (exact) mass is 412 g/mol. The maximum atomic E-state index is 12.7. The Bertz CT molecular complexity index is 1080. The summed E-state index contributed by atoms with van der Waals surface area (Å²) in [4.78, 5) is 12.7. The van der Waals surface area contributed by atoms with Crippen LogP contribution >= 0.6 is 22.7 Å². The molecule has 0 saturated heterocycles. The average Bonchev–Trinajstić information content (AvgIpc) is 3.43. The number of amides is 1. The van der Waals surface area contributed by atoms with E-state index in [1.54, 1.807) is 29.5 Å². The first-order valence-electron chi connectivity index (χ1n) is 8.43. The number of carbonyl (C=O) groups is 1. The third-order valence-corrected chi connectivity index (χ3v) is 5.67. The molecule has 0 bridgehead atoms. The van der Waals surface area contributed by atoms with Crippen LogP contribution in [0.1, 0.15) is 27.4 Å². The summed E-state index contributed by atoms with van der Waals surface area (Å²) in [6.07, 6.45) is 0. The van der Waals surface area contributed by atoms with Crippen LogP contribution in [0.15, 0.2) is 45.6 Å². The molecular weight excluding hydrogens is 396 g/mol. The molecule has 0 unspecified atom stereocenters. The van der Waals surface area contributed by atoms with Gasteiger partial charge in [0.05, 0.1) is 16.8 Å². The molecule has 0 aliphatic heterocycles. The van der Waals surface area contributed by atoms with E-state index < -0.39 is 0 Å². The van der Waals surface area contributed by atoms with Crippen LogP contribution < -0.4 is 10.1 Å². The Balaban J connectivity index is 1.49. The van der Waals surface area contributed by atoms with Gasteiger partial charge >= 0.3 is 0 Å². The zero-order valence-corrected chi connectivity index (χ0v) is 16.8. The van der Waals surface area contributed by atoms with E-state index in [4.69, 9.17) is 9.26 Å². The van der Waals surface area contributed by atoms with E-state index in [0.29, 0.717) is 22.2 Å². The Labute approximate surface area is 169 Å². The third-order valence-electron chi connectivity index (χ3n) is 4.10. The van der Waals surface area contributed by atoms with Crippen molar-refractivity contribution in [3.8, 4) is 16.3 Å². The lowest BCUT2D eigenvalue weighted by Gasteiger charge is -2.10. The van der Waals surface area contributed by atoms with Gasteiger partial charge in [-0.2, -0.15) is 11.3 Å². The molecule has 0 radical (unpaired) electrons. The van der Waals surface area contributed by atoms with Crippen molar-refractivity contribution in [2.75, 3.05) is 5.32 Å². The van der Waals surface area contributed by atoms with Crippen LogP contribution in [0.3, 0.4) is 0 Å². The molecule has 0 aliphatic carbocycles. The summed E-state index contributed by atoms with van der Waals surface area (Å²) in [6, 6.07) is 9.03. The molecule has 3 heterocycles. The molecule has 0 fully saturated rings. The fourth-order valence-electron chi connectivity index (χ4n) is 2.58. The molecule has 0 saturated carbocycles. The van der Waals surface area contributed by atoms with Gasteiger partial charge in [0.15, 0.2) is 0 Å². The summed E-state index contributed by atoms with van der Waals surface area (Å²) in [5.74, 6) is 0.874. The number of carbonyl (C=O) groups excluding carboxylic acids is 1. The second kappa shape index (κ2) is 7.91. The number of rotatable bonds is 6. The van der Waals surface area contributed by atoms with E-state index in [9.17, 15) is 4.79 Å². The Morgan fingerprint density at radius 3 is 2.82 bits per heavy atom. The van der Waals surface area contributed by atoms with Crippen molar-refractivity contribution in [1.82, 2.24) is 15.4 Å². The number of ether oxygens (including phenoxy) is 1. The molecule has 0 aliphatic rings. The predicted octanol–water partition coefficient (Wildman–Crippen LogP) is 4.70. The Morgan fingerprint density at radius 1 is 1.21 bits per heavy atom. The summed E-state index contributed by atoms with van der Waals surface area (Å²) >= 11 is 2.91. The number of nitrogens with one attached hydrogen (secondary N) is 1. The predicted molar refractivity (Wildman–Crippen MR) is 108 cm³/mol. The smallest absolute Gasteiger partial charge is 0.261 e. The van der Waals surface area contributed by atoms with Crippen molar-refractivity contribution in [2.45, 2.75) is 20.5 Å². The summed E-state index contributed by atoms with van der Waals surface area (Å²) in [5, 5.41) is 20.1. The van der Waals surface area contributed by atoms with Crippen LogP contribution in [0, 0.1) is 13.8 Å². The molecule has 4 aromatic rings. The second-order valence-corrected chi connectivity index (χ2v) is 7.72. The van der Waals surface area contributed by atoms with Crippen molar-refractivity contribution in [3.63, 3.8) is 0 Å². The summed E-state index contributed by atoms with van der Waals surface area (Å²) < 4.78 is 11.0. The van der Waals surface area contributed by atoms with Crippen LogP contribution in [0.4, 0.5) is 5.13 Å². The number of benzene rings is 1. The van der Waals surface area contributed by atoms with Gasteiger partial charge < -0.3 is 9.26 Å². The van der Waals surface area contributed by atoms with Gasteiger partial charge in [-0.25, -0.2) is 0 Å². The lowest BCUT2D eigenvalue weighted by Crippen LogP contribution is -2.13. The van der Waals surface area contributed by atoms with E-state index in [1.807, 2.05) is 36.7 Å². The molecular formula is C19H16N4O3S2. The highest BCUT2D eigenvalue weighted by Crippen LogP contribution is 2.29. The summed E-state index contributed by atoms with van der Waals surface area (Å²) in [7, 11) is 0. The number of anilines is 1. The largest absolute Gasteiger partial charge is 0.488 e. The topological polar surface area (TPSA) is 90.1 Å². The van der Waals surface area contributed by atoms with E-state index >= 15 is 0 Å². The minimum Gasteiger partial charge on any atom is -0.488 e. The standard InChI is InChI=1S/C19H16N4O3S2/c1-11-15(12(2)26-23-11)9-25-16-6-4-3-5-14(16)17(24)20-19-22-21-18(28-19)13-7-8-27-10-13/h3-8,10H,9H2,1-2H3,(H,20,22,24). The maximum absolute atomic E-state index is 12.7. The Morgan fingerprint density at radius 2 is 2.07 bits per heavy atom. The molecule has 142 valence electrons. The SMILES string of the molecule is Cc1noc(C)c1COc1ccccc1C(=O)Nc1nnc(-c2ccsc2)s1. The van der Waals surface area contributed by atoms with Gasteiger partial charge in [-0.3, -0.25) is 10.1 Å². The van der Waals surface area contributed by atoms with E-state index in [-0.39, 0.29) is 12.5 Å². The Kier molecular flexibility index (Phi) is 5.18. The normalized spacial score (nSPS) is 10.8. The van der Waals surface area contributed by atoms with E-state index in [2.05, 4.69) is 20.7 Å². The summed E-state index contributed by atoms with van der Waals surface area (Å²) in [5.41, 5.74) is 3.06. The number of hydrogen-bond acceptors (Lipinski definition) is 8. The first kappa shape index (κ1) is 18.3. The molecule has 0 atom stereocenters. The van der Waals surface area contributed by atoms with Gasteiger partial charge in [-0.1, -0.05) is 28.6 Å². The molecule has 0 spiro atoms. The number of nitrogens with zero attached hydrogens (tertiary/aromatic N) is 3. The first-order chi connectivity index (χ1) is 13.6. The quantitative estimate of drug-likeness (QED) is 0.494. The molecule has 7 nitrogen and oxygen atoms in total. The third kappa shape index (κ3) is 3.80. The molecule has 4 rings (SSSR count). The molecule has 1 amide bonds. The first-order valence-corrected chi connectivity index (χ1v) is 10.2. The fraction of sp³-hybridized carbons (Fsp3) is 0.158. The lowest BCUT2D eigenvalue weighted by atomic mass is 10.2. The van der Waals surface area contributed by atoms with Crippen LogP contribution in [0.2, 0.25) is 0 Å². The highest BCUT2D eigenvalue weighted by molar-refractivity contribution is 7.19. The van der Waals surface area contributed by atoms with Crippen molar-refractivity contribution in [2.24, 2.45) is 0 Å². The van der Waals surface area contributed by atoms with Gasteiger partial charge in [-0.05, 0) is 37.4 Å². The highest BCUT2D eigenvalue weighted by atomic mass is 32.1. The highest BCUT2D eigenvalue weighted by Gasteiger charge is 2.17. The number of aryl methyl sites for hydroxylation is 2. The molecule has 1 aromatic carbocycles. The van der Waals surface area contributed by atoms with Crippen molar-refractivity contribution < 1.29 is 14.1 Å². The lowest BCUT2D eigenvalue weighted by molar-refractivity contribution is 0.102. The molecule has 1 N–H and O–H groups in total. The van der Waals surface area contributed by atoms with Gasteiger partial charge in [-0.15, -0.1) is 10.2 Å². The fourth-order valence-corrected chi connectivity index (χ4v) is 4.03. The molecule has 9 heteroatoms. The number of aromatic nitrogens is 3. The molecule has 3 aromatic heterocycles. The van der Waals surface area contributed by atoms with Crippen molar-refractivity contribution >= 4 is 33.7 Å². The van der Waals surface area contributed by atoms with Crippen molar-refractivity contribution in [1.29, 1.82) is 0 Å².